The molecule has 24 heavy (non-hydrogen) atoms. The van der Waals surface area contributed by atoms with Crippen molar-refractivity contribution < 1.29 is 4.74 Å². The third-order valence-electron chi connectivity index (χ3n) is 3.72. The first-order chi connectivity index (χ1) is 11.8. The maximum absolute atomic E-state index is 5.13. The predicted octanol–water partition coefficient (Wildman–Crippen LogP) is 5.77. The molecule has 0 spiro atoms. The van der Waals surface area contributed by atoms with E-state index in [1.165, 1.54) is 24.0 Å². The van der Waals surface area contributed by atoms with E-state index < -0.39 is 0 Å². The summed E-state index contributed by atoms with van der Waals surface area (Å²) in [6.45, 7) is 2.22. The number of methoxy groups -OCH3 is 1. The van der Waals surface area contributed by atoms with Crippen molar-refractivity contribution in [1.82, 2.24) is 0 Å². The topological polar surface area (TPSA) is 9.23 Å². The van der Waals surface area contributed by atoms with Gasteiger partial charge in [0.05, 0.1) is 7.11 Å². The molecule has 0 heterocycles. The number of rotatable bonds is 6. The Morgan fingerprint density at radius 1 is 0.833 bits per heavy atom. The van der Waals surface area contributed by atoms with Crippen molar-refractivity contribution in [1.29, 1.82) is 0 Å². The molecule has 1 heteroatoms. The molecule has 0 amide bonds. The van der Waals surface area contributed by atoms with Crippen LogP contribution in [0.3, 0.4) is 0 Å². The highest BCUT2D eigenvalue weighted by Gasteiger charge is 1.92. The summed E-state index contributed by atoms with van der Waals surface area (Å²) in [6, 6.07) is 16.6. The number of ether oxygens (including phenoxy) is 1. The fraction of sp³-hybridized carbons (Fsp3) is 0.217. The van der Waals surface area contributed by atoms with Crippen LogP contribution in [0, 0.1) is 11.8 Å². The van der Waals surface area contributed by atoms with E-state index >= 15 is 0 Å². The highest BCUT2D eigenvalue weighted by molar-refractivity contribution is 5.56. The molecule has 1 nitrogen and oxygen atoms in total. The molecule has 0 bridgehead atoms. The Morgan fingerprint density at radius 3 is 1.88 bits per heavy atom. The Balaban J connectivity index is 1.85. The van der Waals surface area contributed by atoms with Crippen LogP contribution in [0.5, 0.6) is 5.75 Å². The summed E-state index contributed by atoms with van der Waals surface area (Å²) in [6.07, 6.45) is 11.4. The summed E-state index contributed by atoms with van der Waals surface area (Å²) < 4.78 is 5.13. The van der Waals surface area contributed by atoms with E-state index in [-0.39, 0.29) is 0 Å². The molecule has 0 aliphatic heterocycles. The van der Waals surface area contributed by atoms with E-state index in [1.54, 1.807) is 7.11 Å². The van der Waals surface area contributed by atoms with Crippen molar-refractivity contribution in [3.05, 3.63) is 77.4 Å². The smallest absolute Gasteiger partial charge is 0.118 e. The van der Waals surface area contributed by atoms with Gasteiger partial charge in [-0.1, -0.05) is 61.6 Å². The minimum absolute atomic E-state index is 0.863. The van der Waals surface area contributed by atoms with Crippen LogP contribution >= 0.6 is 0 Å². The quantitative estimate of drug-likeness (QED) is 0.615. The third-order valence-corrected chi connectivity index (χ3v) is 3.72. The molecule has 0 aromatic heterocycles. The molecule has 0 aliphatic rings. The van der Waals surface area contributed by atoms with Gasteiger partial charge in [-0.15, -0.1) is 0 Å². The van der Waals surface area contributed by atoms with E-state index in [1.807, 2.05) is 48.6 Å². The molecular formula is C23H24O. The Labute approximate surface area is 145 Å². The molecule has 2 rings (SSSR count). The van der Waals surface area contributed by atoms with Gasteiger partial charge in [0.2, 0.25) is 0 Å². The van der Waals surface area contributed by atoms with Crippen molar-refractivity contribution in [2.45, 2.75) is 26.2 Å². The van der Waals surface area contributed by atoms with Gasteiger partial charge in [0.1, 0.15) is 5.75 Å². The second-order valence-corrected chi connectivity index (χ2v) is 5.57. The van der Waals surface area contributed by atoms with E-state index in [0.29, 0.717) is 0 Å². The van der Waals surface area contributed by atoms with E-state index in [0.717, 1.165) is 17.7 Å². The summed E-state index contributed by atoms with van der Waals surface area (Å²) in [5, 5.41) is 0. The third kappa shape index (κ3) is 6.18. The molecule has 0 atom stereocenters. The van der Waals surface area contributed by atoms with Gasteiger partial charge in [-0.2, -0.15) is 0 Å². The van der Waals surface area contributed by atoms with Crippen molar-refractivity contribution in [2.24, 2.45) is 0 Å². The molecule has 0 saturated heterocycles. The van der Waals surface area contributed by atoms with Gasteiger partial charge >= 0.3 is 0 Å². The van der Waals surface area contributed by atoms with Gasteiger partial charge in [0, 0.05) is 0 Å². The maximum Gasteiger partial charge on any atom is 0.118 e. The zero-order chi connectivity index (χ0) is 17.0. The molecule has 0 radical (unpaired) electrons. The summed E-state index contributed by atoms with van der Waals surface area (Å²) in [4.78, 5) is 0. The van der Waals surface area contributed by atoms with Crippen LogP contribution in [0.2, 0.25) is 0 Å². The fourth-order valence-electron chi connectivity index (χ4n) is 2.26. The van der Waals surface area contributed by atoms with Crippen LogP contribution < -0.4 is 4.74 Å². The lowest BCUT2D eigenvalue weighted by Gasteiger charge is -1.99. The van der Waals surface area contributed by atoms with Crippen LogP contribution in [-0.4, -0.2) is 7.11 Å². The van der Waals surface area contributed by atoms with Crippen LogP contribution in [-0.2, 0) is 6.42 Å². The van der Waals surface area contributed by atoms with Crippen molar-refractivity contribution in [2.75, 3.05) is 7.11 Å². The number of aryl methyl sites for hydroxylation is 1. The largest absolute Gasteiger partial charge is 0.497 e. The number of hydrogen-bond acceptors (Lipinski definition) is 1. The molecule has 0 saturated carbocycles. The van der Waals surface area contributed by atoms with Crippen molar-refractivity contribution in [3.8, 4) is 17.6 Å². The van der Waals surface area contributed by atoms with Gasteiger partial charge < -0.3 is 4.74 Å². The molecule has 2 aromatic rings. The summed E-state index contributed by atoms with van der Waals surface area (Å²) >= 11 is 0. The van der Waals surface area contributed by atoms with Gasteiger partial charge in [-0.3, -0.25) is 0 Å². The first-order valence-electron chi connectivity index (χ1n) is 8.39. The Kier molecular flexibility index (Phi) is 7.44. The van der Waals surface area contributed by atoms with Crippen LogP contribution in [0.4, 0.5) is 0 Å². The molecule has 0 unspecified atom stereocenters. The lowest BCUT2D eigenvalue weighted by molar-refractivity contribution is 0.415. The lowest BCUT2D eigenvalue weighted by atomic mass is 10.1. The van der Waals surface area contributed by atoms with E-state index in [4.69, 9.17) is 4.74 Å². The number of hydrogen-bond donors (Lipinski definition) is 0. The maximum atomic E-state index is 5.13. The minimum atomic E-state index is 0.863. The SMILES string of the molecule is CCCCc1ccc(/C=C/C#C/C=C/c2ccc(OC)cc2)cc1. The zero-order valence-electron chi connectivity index (χ0n) is 14.5. The van der Waals surface area contributed by atoms with Gasteiger partial charge in [-0.05, 0) is 66.0 Å². The van der Waals surface area contributed by atoms with Gasteiger partial charge in [0.25, 0.3) is 0 Å². The van der Waals surface area contributed by atoms with Gasteiger partial charge in [0.15, 0.2) is 0 Å². The molecule has 0 fully saturated rings. The highest BCUT2D eigenvalue weighted by Crippen LogP contribution is 2.12. The van der Waals surface area contributed by atoms with Crippen LogP contribution in [0.15, 0.2) is 60.7 Å². The number of benzene rings is 2. The summed E-state index contributed by atoms with van der Waals surface area (Å²) in [5.41, 5.74) is 3.70. The number of allylic oxidation sites excluding steroid dienone is 2. The van der Waals surface area contributed by atoms with Crippen molar-refractivity contribution >= 4 is 12.2 Å². The zero-order valence-corrected chi connectivity index (χ0v) is 14.5. The second-order valence-electron chi connectivity index (χ2n) is 5.57. The Hall–Kier alpha value is -2.72. The predicted molar refractivity (Wildman–Crippen MR) is 104 cm³/mol. The Bertz CT molecular complexity index is 722. The average molecular weight is 316 g/mol. The fourth-order valence-corrected chi connectivity index (χ4v) is 2.26. The molecule has 2 aromatic carbocycles. The first kappa shape index (κ1) is 17.6. The normalized spacial score (nSPS) is 10.8. The van der Waals surface area contributed by atoms with E-state index in [2.05, 4.69) is 43.0 Å². The van der Waals surface area contributed by atoms with Crippen molar-refractivity contribution in [3.63, 3.8) is 0 Å². The summed E-state index contributed by atoms with van der Waals surface area (Å²) in [5.74, 6) is 6.92. The molecule has 0 aliphatic carbocycles. The van der Waals surface area contributed by atoms with E-state index in [9.17, 15) is 0 Å². The number of unbranched alkanes of at least 4 members (excludes halogenated alkanes) is 1. The van der Waals surface area contributed by atoms with Crippen LogP contribution in [0.25, 0.3) is 12.2 Å². The minimum Gasteiger partial charge on any atom is -0.497 e. The highest BCUT2D eigenvalue weighted by atomic mass is 16.5. The lowest BCUT2D eigenvalue weighted by Crippen LogP contribution is -1.83. The molecular weight excluding hydrogens is 292 g/mol. The summed E-state index contributed by atoms with van der Waals surface area (Å²) in [7, 11) is 1.67. The average Bonchev–Trinajstić information content (AvgIpc) is 2.64. The standard InChI is InChI=1S/C23H24O/c1-3-4-9-20-12-14-21(15-13-20)10-7-5-6-8-11-22-16-18-23(24-2)19-17-22/h7-8,10-19H,3-4,9H2,1-2H3/b10-7+,11-8+. The van der Waals surface area contributed by atoms with Crippen LogP contribution in [0.1, 0.15) is 36.5 Å². The molecule has 122 valence electrons. The Morgan fingerprint density at radius 2 is 1.38 bits per heavy atom. The first-order valence-corrected chi connectivity index (χ1v) is 8.39. The second kappa shape index (κ2) is 10.1. The molecule has 0 N–H and O–H groups in total. The monoisotopic (exact) mass is 316 g/mol. The van der Waals surface area contributed by atoms with Gasteiger partial charge in [-0.25, -0.2) is 0 Å².